The Bertz CT molecular complexity index is 1230. The molecule has 0 bridgehead atoms. The molecule has 1 saturated heterocycles. The van der Waals surface area contributed by atoms with E-state index in [1.807, 2.05) is 19.1 Å². The van der Waals surface area contributed by atoms with Crippen LogP contribution >= 0.6 is 11.6 Å². The molecule has 0 aliphatic carbocycles. The molecule has 3 heterocycles. The first-order valence-electron chi connectivity index (χ1n) is 10.3. The van der Waals surface area contributed by atoms with E-state index in [0.29, 0.717) is 22.2 Å². The summed E-state index contributed by atoms with van der Waals surface area (Å²) in [7, 11) is 0. The van der Waals surface area contributed by atoms with Crippen molar-refractivity contribution >= 4 is 17.3 Å². The van der Waals surface area contributed by atoms with Crippen LogP contribution in [0.1, 0.15) is 29.9 Å². The third-order valence-electron chi connectivity index (χ3n) is 5.48. The van der Waals surface area contributed by atoms with Crippen molar-refractivity contribution in [2.75, 3.05) is 18.0 Å². The summed E-state index contributed by atoms with van der Waals surface area (Å²) >= 11 is 6.60. The van der Waals surface area contributed by atoms with Crippen LogP contribution in [0.5, 0.6) is 0 Å². The zero-order chi connectivity index (χ0) is 22.1. The highest BCUT2D eigenvalue weighted by atomic mass is 35.5. The van der Waals surface area contributed by atoms with Gasteiger partial charge in [-0.05, 0) is 44.5 Å². The van der Waals surface area contributed by atoms with Gasteiger partial charge in [-0.3, -0.25) is 14.2 Å². The molecule has 0 spiro atoms. The number of anilines is 1. The van der Waals surface area contributed by atoms with Crippen LogP contribution in [0.2, 0.25) is 5.02 Å². The molecular formula is C23H25ClN4O3. The molecule has 4 rings (SSSR count). The average Bonchev–Trinajstić information content (AvgIpc) is 2.71. The molecule has 162 valence electrons. The summed E-state index contributed by atoms with van der Waals surface area (Å²) < 4.78 is 2.88. The topological polar surface area (TPSA) is 69.4 Å². The summed E-state index contributed by atoms with van der Waals surface area (Å²) in [6.07, 6.45) is 3.24. The molecule has 0 radical (unpaired) electrons. The molecule has 0 atom stereocenters. The molecule has 0 N–H and O–H groups in total. The number of hydrogen-bond acceptors (Lipinski definition) is 5. The lowest BCUT2D eigenvalue weighted by molar-refractivity contribution is 0.0164. The second-order valence-corrected chi connectivity index (χ2v) is 8.32. The third-order valence-corrected chi connectivity index (χ3v) is 5.78. The minimum Gasteiger partial charge on any atom is -0.407 e. The van der Waals surface area contributed by atoms with E-state index < -0.39 is 0 Å². The van der Waals surface area contributed by atoms with Crippen molar-refractivity contribution in [1.29, 1.82) is 0 Å². The highest BCUT2D eigenvalue weighted by Crippen LogP contribution is 2.30. The van der Waals surface area contributed by atoms with Crippen molar-refractivity contribution in [2.45, 2.75) is 39.7 Å². The molecular weight excluding hydrogens is 416 g/mol. The highest BCUT2D eigenvalue weighted by Gasteiger charge is 2.23. The van der Waals surface area contributed by atoms with Crippen molar-refractivity contribution in [2.24, 2.45) is 0 Å². The molecule has 2 aromatic heterocycles. The number of halogens is 1. The van der Waals surface area contributed by atoms with Gasteiger partial charge in [0.1, 0.15) is 11.9 Å². The van der Waals surface area contributed by atoms with E-state index in [1.54, 1.807) is 36.7 Å². The number of aryl methyl sites for hydroxylation is 3. The normalized spacial score (nSPS) is 14.6. The van der Waals surface area contributed by atoms with Gasteiger partial charge >= 0.3 is 0 Å². The lowest BCUT2D eigenvalue weighted by Gasteiger charge is -2.34. The Morgan fingerprint density at radius 2 is 1.74 bits per heavy atom. The number of pyridine rings is 1. The fraction of sp³-hybridized carbons (Fsp3) is 0.348. The van der Waals surface area contributed by atoms with Crippen molar-refractivity contribution < 1.29 is 4.84 Å². The van der Waals surface area contributed by atoms with Crippen LogP contribution in [0, 0.1) is 20.8 Å². The van der Waals surface area contributed by atoms with E-state index in [0.717, 1.165) is 37.2 Å². The summed E-state index contributed by atoms with van der Waals surface area (Å²) in [6.45, 7) is 7.05. The van der Waals surface area contributed by atoms with E-state index in [-0.39, 0.29) is 17.2 Å². The summed E-state index contributed by atoms with van der Waals surface area (Å²) in [5, 5.41) is 0.582. The number of aromatic nitrogens is 3. The predicted octanol–water partition coefficient (Wildman–Crippen LogP) is 3.07. The molecule has 0 unspecified atom stereocenters. The summed E-state index contributed by atoms with van der Waals surface area (Å²) in [5.74, 6) is 0.623. The van der Waals surface area contributed by atoms with E-state index in [4.69, 9.17) is 16.4 Å². The average molecular weight is 441 g/mol. The zero-order valence-electron chi connectivity index (χ0n) is 17.8. The minimum atomic E-state index is -0.164. The Morgan fingerprint density at radius 3 is 2.42 bits per heavy atom. The van der Waals surface area contributed by atoms with Gasteiger partial charge in [0.2, 0.25) is 0 Å². The Morgan fingerprint density at radius 1 is 1.00 bits per heavy atom. The Kier molecular flexibility index (Phi) is 5.87. The molecule has 8 heteroatoms. The van der Waals surface area contributed by atoms with Crippen molar-refractivity contribution in [1.82, 2.24) is 14.3 Å². The van der Waals surface area contributed by atoms with Crippen molar-refractivity contribution in [3.05, 3.63) is 85.4 Å². The standard InChI is InChI=1S/C23H25ClN4O3/c1-15-4-7-22(29)27(14-15)31-19-8-10-26(11-9-19)21-6-5-18(13-20(21)24)28-17(3)25-16(2)12-23(28)30/h4-7,12-14,19H,8-11H2,1-3H3. The second-order valence-electron chi connectivity index (χ2n) is 7.92. The summed E-state index contributed by atoms with van der Waals surface area (Å²) in [6, 6.07) is 10.4. The van der Waals surface area contributed by atoms with Gasteiger partial charge in [-0.25, -0.2) is 4.98 Å². The maximum Gasteiger partial charge on any atom is 0.282 e. The lowest BCUT2D eigenvalue weighted by atomic mass is 10.1. The van der Waals surface area contributed by atoms with Gasteiger partial charge in [0, 0.05) is 43.8 Å². The van der Waals surface area contributed by atoms with Gasteiger partial charge in [0.05, 0.1) is 22.6 Å². The largest absolute Gasteiger partial charge is 0.407 e. The van der Waals surface area contributed by atoms with Gasteiger partial charge < -0.3 is 9.74 Å². The van der Waals surface area contributed by atoms with E-state index in [2.05, 4.69) is 9.88 Å². The fourth-order valence-corrected chi connectivity index (χ4v) is 4.25. The quantitative estimate of drug-likeness (QED) is 0.623. The summed E-state index contributed by atoms with van der Waals surface area (Å²) in [5.41, 5.74) is 2.99. The van der Waals surface area contributed by atoms with Gasteiger partial charge in [0.25, 0.3) is 11.1 Å². The van der Waals surface area contributed by atoms with E-state index in [9.17, 15) is 9.59 Å². The molecule has 31 heavy (non-hydrogen) atoms. The van der Waals surface area contributed by atoms with Gasteiger partial charge in [-0.2, -0.15) is 4.73 Å². The Balaban J connectivity index is 1.48. The number of nitrogens with zero attached hydrogens (tertiary/aromatic N) is 4. The third kappa shape index (κ3) is 4.51. The van der Waals surface area contributed by atoms with Crippen LogP contribution in [0.25, 0.3) is 5.69 Å². The van der Waals surface area contributed by atoms with E-state index in [1.165, 1.54) is 16.9 Å². The Labute approximate surface area is 185 Å². The smallest absolute Gasteiger partial charge is 0.282 e. The lowest BCUT2D eigenvalue weighted by Crippen LogP contribution is -2.42. The summed E-state index contributed by atoms with van der Waals surface area (Å²) in [4.78, 5) is 36.9. The molecule has 0 saturated carbocycles. The molecule has 1 aromatic carbocycles. The fourth-order valence-electron chi connectivity index (χ4n) is 3.96. The first-order valence-corrected chi connectivity index (χ1v) is 10.7. The number of rotatable bonds is 4. The molecule has 3 aromatic rings. The van der Waals surface area contributed by atoms with Crippen LogP contribution in [-0.2, 0) is 0 Å². The molecule has 1 aliphatic heterocycles. The van der Waals surface area contributed by atoms with Crippen LogP contribution < -0.4 is 20.9 Å². The highest BCUT2D eigenvalue weighted by molar-refractivity contribution is 6.33. The van der Waals surface area contributed by atoms with E-state index >= 15 is 0 Å². The van der Waals surface area contributed by atoms with Crippen LogP contribution in [0.3, 0.4) is 0 Å². The van der Waals surface area contributed by atoms with Gasteiger partial charge in [-0.15, -0.1) is 0 Å². The minimum absolute atomic E-state index is 0.0336. The maximum atomic E-state index is 12.4. The first kappa shape index (κ1) is 21.2. The maximum absolute atomic E-state index is 12.4. The monoisotopic (exact) mass is 440 g/mol. The van der Waals surface area contributed by atoms with Crippen molar-refractivity contribution in [3.8, 4) is 5.69 Å². The zero-order valence-corrected chi connectivity index (χ0v) is 18.6. The molecule has 1 aliphatic rings. The number of benzene rings is 1. The van der Waals surface area contributed by atoms with Crippen LogP contribution in [0.4, 0.5) is 5.69 Å². The first-order chi connectivity index (χ1) is 14.8. The number of piperidine rings is 1. The van der Waals surface area contributed by atoms with Crippen LogP contribution in [0.15, 0.2) is 52.2 Å². The predicted molar refractivity (Wildman–Crippen MR) is 122 cm³/mol. The second kappa shape index (κ2) is 8.59. The van der Waals surface area contributed by atoms with Gasteiger partial charge in [0.15, 0.2) is 0 Å². The molecule has 7 nitrogen and oxygen atoms in total. The van der Waals surface area contributed by atoms with Gasteiger partial charge in [-0.1, -0.05) is 17.7 Å². The number of hydrogen-bond donors (Lipinski definition) is 0. The van der Waals surface area contributed by atoms with Crippen molar-refractivity contribution in [3.63, 3.8) is 0 Å². The molecule has 0 amide bonds. The SMILES string of the molecule is Cc1ccc(=O)n(OC2CCN(c3ccc(-n4c(C)nc(C)cc4=O)cc3Cl)CC2)c1. The molecule has 1 fully saturated rings. The Hall–Kier alpha value is -3.06. The van der Waals surface area contributed by atoms with Crippen LogP contribution in [-0.4, -0.2) is 33.5 Å².